The predicted molar refractivity (Wildman–Crippen MR) is 56.3 cm³/mol. The summed E-state index contributed by atoms with van der Waals surface area (Å²) in [6, 6.07) is 1.88. The molecular weight excluding hydrogens is 178 g/mol. The molecular formula is C10H17N3O. The quantitative estimate of drug-likeness (QED) is 0.773. The van der Waals surface area contributed by atoms with Gasteiger partial charge < -0.3 is 10.1 Å². The number of nitrogens with one attached hydrogen (secondary N) is 1. The molecule has 0 aromatic carbocycles. The minimum absolute atomic E-state index is 0.462. The molecule has 1 N–H and O–H groups in total. The molecule has 1 unspecified atom stereocenters. The maximum atomic E-state index is 5.03. The number of hydrogen-bond acceptors (Lipinski definition) is 4. The minimum atomic E-state index is 0.462. The van der Waals surface area contributed by atoms with Crippen LogP contribution in [0.15, 0.2) is 12.3 Å². The van der Waals surface area contributed by atoms with Crippen LogP contribution in [0.3, 0.4) is 0 Å². The van der Waals surface area contributed by atoms with E-state index < -0.39 is 0 Å². The normalized spacial score (nSPS) is 12.5. The van der Waals surface area contributed by atoms with Crippen LogP contribution < -0.4 is 5.32 Å². The fourth-order valence-electron chi connectivity index (χ4n) is 1.14. The largest absolute Gasteiger partial charge is 0.384 e. The van der Waals surface area contributed by atoms with Crippen LogP contribution in [0.5, 0.6) is 0 Å². The van der Waals surface area contributed by atoms with Crippen molar-refractivity contribution in [1.29, 1.82) is 0 Å². The lowest BCUT2D eigenvalue weighted by Crippen LogP contribution is -2.17. The molecule has 0 fully saturated rings. The van der Waals surface area contributed by atoms with E-state index in [1.807, 2.05) is 13.0 Å². The molecule has 1 atom stereocenters. The Kier molecular flexibility index (Phi) is 4.32. The highest BCUT2D eigenvalue weighted by Crippen LogP contribution is 2.01. The van der Waals surface area contributed by atoms with Gasteiger partial charge in [0.1, 0.15) is 0 Å². The third-order valence-electron chi connectivity index (χ3n) is 1.85. The molecule has 0 spiro atoms. The number of ether oxygens (including phenoxy) is 1. The highest BCUT2D eigenvalue weighted by Gasteiger charge is 2.01. The topological polar surface area (TPSA) is 47.0 Å². The second kappa shape index (κ2) is 5.54. The summed E-state index contributed by atoms with van der Waals surface area (Å²) < 4.78 is 5.03. The van der Waals surface area contributed by atoms with E-state index in [0.717, 1.165) is 18.8 Å². The number of anilines is 1. The van der Waals surface area contributed by atoms with Crippen molar-refractivity contribution in [3.8, 4) is 0 Å². The van der Waals surface area contributed by atoms with Gasteiger partial charge in [-0.1, -0.05) is 6.92 Å². The van der Waals surface area contributed by atoms with Gasteiger partial charge >= 0.3 is 0 Å². The van der Waals surface area contributed by atoms with Crippen molar-refractivity contribution < 1.29 is 4.74 Å². The third-order valence-corrected chi connectivity index (χ3v) is 1.85. The summed E-state index contributed by atoms with van der Waals surface area (Å²) in [4.78, 5) is 8.35. The van der Waals surface area contributed by atoms with Crippen LogP contribution in [0.25, 0.3) is 0 Å². The van der Waals surface area contributed by atoms with E-state index in [9.17, 15) is 0 Å². The number of nitrogens with zero attached hydrogens (tertiary/aromatic N) is 2. The van der Waals surface area contributed by atoms with Gasteiger partial charge in [-0.3, -0.25) is 0 Å². The summed E-state index contributed by atoms with van der Waals surface area (Å²) in [6.45, 7) is 5.65. The van der Waals surface area contributed by atoms with Gasteiger partial charge in [0.15, 0.2) is 0 Å². The Morgan fingerprint density at radius 3 is 3.00 bits per heavy atom. The second-order valence-electron chi connectivity index (χ2n) is 3.46. The van der Waals surface area contributed by atoms with E-state index in [1.54, 1.807) is 13.3 Å². The zero-order chi connectivity index (χ0) is 10.4. The predicted octanol–water partition coefficient (Wildman–Crippen LogP) is 1.48. The number of rotatable bonds is 5. The average molecular weight is 195 g/mol. The lowest BCUT2D eigenvalue weighted by Gasteiger charge is -2.11. The number of hydrogen-bond donors (Lipinski definition) is 1. The van der Waals surface area contributed by atoms with E-state index >= 15 is 0 Å². The van der Waals surface area contributed by atoms with Crippen molar-refractivity contribution in [3.63, 3.8) is 0 Å². The Hall–Kier alpha value is -1.16. The number of aryl methyl sites for hydroxylation is 1. The summed E-state index contributed by atoms with van der Waals surface area (Å²) >= 11 is 0. The van der Waals surface area contributed by atoms with E-state index in [4.69, 9.17) is 4.74 Å². The average Bonchev–Trinajstić information content (AvgIpc) is 2.15. The van der Waals surface area contributed by atoms with Crippen molar-refractivity contribution in [2.45, 2.75) is 13.8 Å². The van der Waals surface area contributed by atoms with Gasteiger partial charge in [-0.2, -0.15) is 0 Å². The van der Waals surface area contributed by atoms with E-state index in [-0.39, 0.29) is 0 Å². The maximum absolute atomic E-state index is 5.03. The van der Waals surface area contributed by atoms with Crippen LogP contribution >= 0.6 is 0 Å². The standard InChI is InChI=1S/C10H17N3O/c1-8(7-14-3)6-12-10-11-5-4-9(2)13-10/h4-5,8H,6-7H2,1-3H3,(H,11,12,13). The zero-order valence-corrected chi connectivity index (χ0v) is 8.95. The molecule has 1 heterocycles. The van der Waals surface area contributed by atoms with E-state index in [0.29, 0.717) is 11.9 Å². The molecule has 4 nitrogen and oxygen atoms in total. The summed E-state index contributed by atoms with van der Waals surface area (Å²) in [5.41, 5.74) is 0.974. The first-order valence-corrected chi connectivity index (χ1v) is 4.75. The van der Waals surface area contributed by atoms with Gasteiger partial charge in [0.25, 0.3) is 0 Å². The number of aromatic nitrogens is 2. The molecule has 78 valence electrons. The molecule has 1 rings (SSSR count). The van der Waals surface area contributed by atoms with Crippen LogP contribution in [0.1, 0.15) is 12.6 Å². The molecule has 0 saturated carbocycles. The van der Waals surface area contributed by atoms with Gasteiger partial charge in [0, 0.05) is 25.5 Å². The van der Waals surface area contributed by atoms with Crippen molar-refractivity contribution in [2.24, 2.45) is 5.92 Å². The molecule has 0 bridgehead atoms. The van der Waals surface area contributed by atoms with Crippen molar-refractivity contribution in [3.05, 3.63) is 18.0 Å². The smallest absolute Gasteiger partial charge is 0.222 e. The van der Waals surface area contributed by atoms with Crippen LogP contribution in [0, 0.1) is 12.8 Å². The molecule has 0 amide bonds. The van der Waals surface area contributed by atoms with Crippen LogP contribution in [0.4, 0.5) is 5.95 Å². The van der Waals surface area contributed by atoms with Gasteiger partial charge in [-0.25, -0.2) is 9.97 Å². The Bertz CT molecular complexity index is 278. The highest BCUT2D eigenvalue weighted by atomic mass is 16.5. The molecule has 0 aliphatic carbocycles. The van der Waals surface area contributed by atoms with E-state index in [1.165, 1.54) is 0 Å². The summed E-state index contributed by atoms with van der Waals surface area (Å²) in [6.07, 6.45) is 1.76. The SMILES string of the molecule is COCC(C)CNc1nccc(C)n1. The van der Waals surface area contributed by atoms with Crippen molar-refractivity contribution in [2.75, 3.05) is 25.6 Å². The Labute approximate surface area is 84.7 Å². The molecule has 0 aliphatic heterocycles. The Balaban J connectivity index is 2.37. The molecule has 0 aliphatic rings. The van der Waals surface area contributed by atoms with Gasteiger partial charge in [0.05, 0.1) is 6.61 Å². The fraction of sp³-hybridized carbons (Fsp3) is 0.600. The number of methoxy groups -OCH3 is 1. The monoisotopic (exact) mass is 195 g/mol. The molecule has 1 aromatic rings. The van der Waals surface area contributed by atoms with Gasteiger partial charge in [-0.05, 0) is 18.9 Å². The van der Waals surface area contributed by atoms with Crippen LogP contribution in [-0.2, 0) is 4.74 Å². The molecule has 4 heteroatoms. The Morgan fingerprint density at radius 2 is 2.36 bits per heavy atom. The van der Waals surface area contributed by atoms with Crippen LogP contribution in [0.2, 0.25) is 0 Å². The lowest BCUT2D eigenvalue weighted by atomic mass is 10.2. The molecule has 14 heavy (non-hydrogen) atoms. The first kappa shape index (κ1) is 10.9. The van der Waals surface area contributed by atoms with Gasteiger partial charge in [0.2, 0.25) is 5.95 Å². The summed E-state index contributed by atoms with van der Waals surface area (Å²) in [7, 11) is 1.71. The summed E-state index contributed by atoms with van der Waals surface area (Å²) in [5, 5.41) is 3.17. The highest BCUT2D eigenvalue weighted by molar-refractivity contribution is 5.24. The lowest BCUT2D eigenvalue weighted by molar-refractivity contribution is 0.164. The fourth-order valence-corrected chi connectivity index (χ4v) is 1.14. The van der Waals surface area contributed by atoms with Crippen molar-refractivity contribution in [1.82, 2.24) is 9.97 Å². The summed E-state index contributed by atoms with van der Waals surface area (Å²) in [5.74, 6) is 1.15. The zero-order valence-electron chi connectivity index (χ0n) is 8.95. The third kappa shape index (κ3) is 3.70. The molecule has 0 saturated heterocycles. The first-order valence-electron chi connectivity index (χ1n) is 4.75. The first-order chi connectivity index (χ1) is 6.72. The second-order valence-corrected chi connectivity index (χ2v) is 3.46. The molecule has 1 aromatic heterocycles. The minimum Gasteiger partial charge on any atom is -0.384 e. The molecule has 0 radical (unpaired) electrons. The van der Waals surface area contributed by atoms with Gasteiger partial charge in [-0.15, -0.1) is 0 Å². The Morgan fingerprint density at radius 1 is 1.57 bits per heavy atom. The van der Waals surface area contributed by atoms with Crippen LogP contribution in [-0.4, -0.2) is 30.2 Å². The van der Waals surface area contributed by atoms with Crippen molar-refractivity contribution >= 4 is 5.95 Å². The van der Waals surface area contributed by atoms with E-state index in [2.05, 4.69) is 22.2 Å². The maximum Gasteiger partial charge on any atom is 0.222 e.